The Balaban J connectivity index is 1.51. The number of nitrogens with two attached hydrogens (primary N) is 1. The van der Waals surface area contributed by atoms with E-state index >= 15 is 0 Å². The summed E-state index contributed by atoms with van der Waals surface area (Å²) >= 11 is 0. The van der Waals surface area contributed by atoms with Gasteiger partial charge in [0.2, 0.25) is 5.91 Å². The van der Waals surface area contributed by atoms with Crippen molar-refractivity contribution in [1.82, 2.24) is 10.2 Å². The van der Waals surface area contributed by atoms with Gasteiger partial charge in [0, 0.05) is 24.7 Å². The van der Waals surface area contributed by atoms with Crippen molar-refractivity contribution >= 4 is 11.8 Å². The number of amides is 2. The van der Waals surface area contributed by atoms with Crippen LogP contribution in [0, 0.1) is 11.8 Å². The molecular weight excluding hydrogens is 314 g/mol. The average molecular weight is 343 g/mol. The Kier molecular flexibility index (Phi) is 4.87. The van der Waals surface area contributed by atoms with Crippen LogP contribution in [0.15, 0.2) is 24.3 Å². The number of fused-ring (bicyclic) bond motifs is 1. The van der Waals surface area contributed by atoms with Crippen LogP contribution in [0.5, 0.6) is 0 Å². The van der Waals surface area contributed by atoms with Gasteiger partial charge < -0.3 is 16.0 Å². The molecule has 1 aromatic carbocycles. The summed E-state index contributed by atoms with van der Waals surface area (Å²) in [6.45, 7) is 7.98. The maximum atomic E-state index is 12.4. The number of hydrogen-bond acceptors (Lipinski definition) is 3. The van der Waals surface area contributed by atoms with E-state index < -0.39 is 0 Å². The van der Waals surface area contributed by atoms with Gasteiger partial charge in [0.15, 0.2) is 0 Å². The summed E-state index contributed by atoms with van der Waals surface area (Å²) < 4.78 is 0. The first kappa shape index (κ1) is 17.9. The fourth-order valence-electron chi connectivity index (χ4n) is 4.00. The smallest absolute Gasteiger partial charge is 0.251 e. The Morgan fingerprint density at radius 1 is 1.16 bits per heavy atom. The van der Waals surface area contributed by atoms with Crippen molar-refractivity contribution in [3.05, 3.63) is 35.4 Å². The minimum absolute atomic E-state index is 0.0127. The summed E-state index contributed by atoms with van der Waals surface area (Å²) in [7, 11) is 0. The lowest BCUT2D eigenvalue weighted by Gasteiger charge is -2.20. The summed E-state index contributed by atoms with van der Waals surface area (Å²) in [5.74, 6) is 0.760. The SMILES string of the molecule is CC(C)(C)c1ccc(C(=O)NCC(=O)N2CC3CCC(N)C3C2)cc1. The van der Waals surface area contributed by atoms with E-state index in [9.17, 15) is 9.59 Å². The summed E-state index contributed by atoms with van der Waals surface area (Å²) in [5.41, 5.74) is 7.94. The molecule has 2 amide bonds. The number of nitrogens with one attached hydrogen (secondary N) is 1. The van der Waals surface area contributed by atoms with Crippen molar-refractivity contribution in [1.29, 1.82) is 0 Å². The molecule has 136 valence electrons. The van der Waals surface area contributed by atoms with E-state index in [4.69, 9.17) is 5.73 Å². The molecule has 25 heavy (non-hydrogen) atoms. The van der Waals surface area contributed by atoms with Crippen LogP contribution >= 0.6 is 0 Å². The number of carbonyl (C=O) groups is 2. The standard InChI is InChI=1S/C20H29N3O2/c1-20(2,3)15-7-4-13(5-8-15)19(25)22-10-18(24)23-11-14-6-9-17(21)16(14)12-23/h4-5,7-8,14,16-17H,6,9-12,21H2,1-3H3,(H,22,25). The van der Waals surface area contributed by atoms with Crippen LogP contribution in [-0.4, -0.2) is 42.4 Å². The second-order valence-corrected chi connectivity index (χ2v) is 8.47. The van der Waals surface area contributed by atoms with Crippen LogP contribution in [0.1, 0.15) is 49.5 Å². The maximum absolute atomic E-state index is 12.4. The van der Waals surface area contributed by atoms with Crippen molar-refractivity contribution in [2.45, 2.75) is 45.1 Å². The van der Waals surface area contributed by atoms with E-state index in [0.29, 0.717) is 17.4 Å². The third-order valence-electron chi connectivity index (χ3n) is 5.68. The average Bonchev–Trinajstić information content (AvgIpc) is 3.14. The van der Waals surface area contributed by atoms with Crippen molar-refractivity contribution in [2.24, 2.45) is 17.6 Å². The molecule has 1 heterocycles. The maximum Gasteiger partial charge on any atom is 0.251 e. The van der Waals surface area contributed by atoms with Gasteiger partial charge in [-0.1, -0.05) is 32.9 Å². The van der Waals surface area contributed by atoms with Crippen molar-refractivity contribution < 1.29 is 9.59 Å². The topological polar surface area (TPSA) is 75.4 Å². The molecule has 5 heteroatoms. The first-order valence-corrected chi connectivity index (χ1v) is 9.18. The lowest BCUT2D eigenvalue weighted by molar-refractivity contribution is -0.129. The lowest BCUT2D eigenvalue weighted by Crippen LogP contribution is -2.40. The van der Waals surface area contributed by atoms with Crippen LogP contribution < -0.4 is 11.1 Å². The van der Waals surface area contributed by atoms with Crippen LogP contribution in [-0.2, 0) is 10.2 Å². The molecule has 3 unspecified atom stereocenters. The predicted octanol–water partition coefficient (Wildman–Crippen LogP) is 1.91. The van der Waals surface area contributed by atoms with Crippen LogP contribution in [0.25, 0.3) is 0 Å². The molecule has 1 aliphatic heterocycles. The molecule has 1 aromatic rings. The highest BCUT2D eigenvalue weighted by atomic mass is 16.2. The molecule has 1 saturated carbocycles. The molecule has 0 radical (unpaired) electrons. The molecule has 3 rings (SSSR count). The first-order valence-electron chi connectivity index (χ1n) is 9.18. The molecule has 2 fully saturated rings. The first-order chi connectivity index (χ1) is 11.8. The van der Waals surface area contributed by atoms with Gasteiger partial charge in [-0.2, -0.15) is 0 Å². The number of rotatable bonds is 3. The Morgan fingerprint density at radius 2 is 1.84 bits per heavy atom. The Labute approximate surface area is 150 Å². The fraction of sp³-hybridized carbons (Fsp3) is 0.600. The van der Waals surface area contributed by atoms with E-state index in [2.05, 4.69) is 26.1 Å². The Bertz CT molecular complexity index is 648. The number of likely N-dealkylation sites (tertiary alicyclic amines) is 1. The van der Waals surface area contributed by atoms with Crippen molar-refractivity contribution in [3.63, 3.8) is 0 Å². The molecule has 0 spiro atoms. The molecule has 5 nitrogen and oxygen atoms in total. The molecule has 3 atom stereocenters. The predicted molar refractivity (Wildman–Crippen MR) is 98.2 cm³/mol. The second kappa shape index (κ2) is 6.79. The highest BCUT2D eigenvalue weighted by molar-refractivity contribution is 5.96. The fourth-order valence-corrected chi connectivity index (χ4v) is 4.00. The van der Waals surface area contributed by atoms with Crippen molar-refractivity contribution in [3.8, 4) is 0 Å². The summed E-state index contributed by atoms with van der Waals surface area (Å²) in [6, 6.07) is 7.80. The van der Waals surface area contributed by atoms with Gasteiger partial charge in [-0.15, -0.1) is 0 Å². The third-order valence-corrected chi connectivity index (χ3v) is 5.68. The zero-order valence-corrected chi connectivity index (χ0v) is 15.4. The summed E-state index contributed by atoms with van der Waals surface area (Å²) in [5, 5.41) is 2.75. The van der Waals surface area contributed by atoms with Crippen LogP contribution in [0.4, 0.5) is 0 Å². The van der Waals surface area contributed by atoms with E-state index in [-0.39, 0.29) is 29.8 Å². The van der Waals surface area contributed by atoms with E-state index in [1.807, 2.05) is 29.2 Å². The molecular formula is C20H29N3O2. The van der Waals surface area contributed by atoms with Gasteiger partial charge in [-0.05, 0) is 47.8 Å². The lowest BCUT2D eigenvalue weighted by atomic mass is 9.87. The number of hydrogen-bond donors (Lipinski definition) is 2. The normalized spacial score (nSPS) is 25.8. The minimum Gasteiger partial charge on any atom is -0.343 e. The van der Waals surface area contributed by atoms with Gasteiger partial charge in [0.1, 0.15) is 0 Å². The molecule has 1 aliphatic carbocycles. The zero-order valence-electron chi connectivity index (χ0n) is 15.4. The highest BCUT2D eigenvalue weighted by Gasteiger charge is 2.42. The van der Waals surface area contributed by atoms with E-state index in [1.165, 1.54) is 5.56 Å². The van der Waals surface area contributed by atoms with Crippen molar-refractivity contribution in [2.75, 3.05) is 19.6 Å². The molecule has 1 saturated heterocycles. The van der Waals surface area contributed by atoms with Gasteiger partial charge in [-0.3, -0.25) is 9.59 Å². The van der Waals surface area contributed by atoms with Gasteiger partial charge in [0.25, 0.3) is 5.91 Å². The number of nitrogens with zero attached hydrogens (tertiary/aromatic N) is 1. The quantitative estimate of drug-likeness (QED) is 0.880. The summed E-state index contributed by atoms with van der Waals surface area (Å²) in [4.78, 5) is 26.5. The molecule has 2 aliphatic rings. The van der Waals surface area contributed by atoms with Crippen LogP contribution in [0.2, 0.25) is 0 Å². The molecule has 0 bridgehead atoms. The van der Waals surface area contributed by atoms with Gasteiger partial charge in [-0.25, -0.2) is 0 Å². The van der Waals surface area contributed by atoms with E-state index in [1.54, 1.807) is 0 Å². The largest absolute Gasteiger partial charge is 0.343 e. The van der Waals surface area contributed by atoms with E-state index in [0.717, 1.165) is 25.9 Å². The summed E-state index contributed by atoms with van der Waals surface area (Å²) in [6.07, 6.45) is 2.18. The zero-order chi connectivity index (χ0) is 18.2. The minimum atomic E-state index is -0.204. The molecule has 0 aromatic heterocycles. The van der Waals surface area contributed by atoms with Crippen LogP contribution in [0.3, 0.4) is 0 Å². The van der Waals surface area contributed by atoms with Gasteiger partial charge in [0.05, 0.1) is 6.54 Å². The number of benzene rings is 1. The molecule has 3 N–H and O–H groups in total. The van der Waals surface area contributed by atoms with Gasteiger partial charge >= 0.3 is 0 Å². The second-order valence-electron chi connectivity index (χ2n) is 8.47. The monoisotopic (exact) mass is 343 g/mol. The Hall–Kier alpha value is -1.88. The highest BCUT2D eigenvalue weighted by Crippen LogP contribution is 2.37. The number of carbonyl (C=O) groups excluding carboxylic acids is 2. The Morgan fingerprint density at radius 3 is 2.44 bits per heavy atom. The third kappa shape index (κ3) is 3.87.